The SMILES string of the molecule is C#CCCN1CCN(c2ccc(C(=O)N3CCOCC3)cc2[N+](=O)[O-])CC1. The molecule has 0 saturated carbocycles. The Kier molecular flexibility index (Phi) is 6.27. The van der Waals surface area contributed by atoms with Crippen molar-refractivity contribution < 1.29 is 14.5 Å². The number of nitro benzene ring substituents is 1. The van der Waals surface area contributed by atoms with Gasteiger partial charge in [0.1, 0.15) is 5.69 Å². The highest BCUT2D eigenvalue weighted by molar-refractivity contribution is 5.96. The minimum absolute atomic E-state index is 0.0221. The number of amides is 1. The summed E-state index contributed by atoms with van der Waals surface area (Å²) in [5.74, 6) is 2.45. The molecule has 0 bridgehead atoms. The maximum Gasteiger partial charge on any atom is 0.293 e. The maximum absolute atomic E-state index is 12.6. The fourth-order valence-electron chi connectivity index (χ4n) is 3.45. The quantitative estimate of drug-likeness (QED) is 0.439. The normalized spacial score (nSPS) is 18.2. The van der Waals surface area contributed by atoms with Crippen LogP contribution in [0.25, 0.3) is 0 Å². The monoisotopic (exact) mass is 372 g/mol. The van der Waals surface area contributed by atoms with E-state index >= 15 is 0 Å². The lowest BCUT2D eigenvalue weighted by atomic mass is 10.1. The molecular formula is C19H24N4O4. The molecule has 0 radical (unpaired) electrons. The number of ether oxygens (including phenoxy) is 1. The lowest BCUT2D eigenvalue weighted by Crippen LogP contribution is -2.46. The molecule has 27 heavy (non-hydrogen) atoms. The van der Waals surface area contributed by atoms with E-state index in [1.54, 1.807) is 17.0 Å². The van der Waals surface area contributed by atoms with E-state index in [1.807, 2.05) is 4.90 Å². The van der Waals surface area contributed by atoms with Crippen molar-refractivity contribution in [1.29, 1.82) is 0 Å². The summed E-state index contributed by atoms with van der Waals surface area (Å²) in [5.41, 5.74) is 0.890. The van der Waals surface area contributed by atoms with Crippen LogP contribution in [0.4, 0.5) is 11.4 Å². The summed E-state index contributed by atoms with van der Waals surface area (Å²) in [4.78, 5) is 29.8. The average molecular weight is 372 g/mol. The van der Waals surface area contributed by atoms with Gasteiger partial charge in [-0.2, -0.15) is 0 Å². The molecule has 8 nitrogen and oxygen atoms in total. The van der Waals surface area contributed by atoms with Gasteiger partial charge in [-0.15, -0.1) is 12.3 Å². The van der Waals surface area contributed by atoms with Crippen LogP contribution in [0.5, 0.6) is 0 Å². The van der Waals surface area contributed by atoms with E-state index in [2.05, 4.69) is 10.8 Å². The number of carbonyl (C=O) groups excluding carboxylic acids is 1. The second-order valence-electron chi connectivity index (χ2n) is 6.65. The van der Waals surface area contributed by atoms with E-state index in [1.165, 1.54) is 6.07 Å². The summed E-state index contributed by atoms with van der Waals surface area (Å²) in [6, 6.07) is 4.78. The zero-order valence-corrected chi connectivity index (χ0v) is 15.3. The molecule has 3 rings (SSSR count). The van der Waals surface area contributed by atoms with E-state index in [0.717, 1.165) is 19.6 Å². The number of rotatable bonds is 5. The number of piperazine rings is 1. The number of anilines is 1. The standard InChI is InChI=1S/C19H24N4O4/c1-2-3-6-20-7-9-21(10-8-20)17-5-4-16(15-18(17)23(25)26)19(24)22-11-13-27-14-12-22/h1,4-5,15H,3,6-14H2. The first-order valence-corrected chi connectivity index (χ1v) is 9.16. The Labute approximate surface area is 158 Å². The van der Waals surface area contributed by atoms with Gasteiger partial charge in [-0.25, -0.2) is 0 Å². The number of nitrogens with zero attached hydrogens (tertiary/aromatic N) is 4. The molecule has 1 amide bonds. The first-order valence-electron chi connectivity index (χ1n) is 9.16. The minimum Gasteiger partial charge on any atom is -0.378 e. The number of benzene rings is 1. The van der Waals surface area contributed by atoms with Gasteiger partial charge in [0.05, 0.1) is 18.1 Å². The summed E-state index contributed by atoms with van der Waals surface area (Å²) < 4.78 is 5.26. The van der Waals surface area contributed by atoms with Crippen LogP contribution >= 0.6 is 0 Å². The molecule has 2 aliphatic heterocycles. The molecule has 8 heteroatoms. The molecule has 2 heterocycles. The predicted octanol–water partition coefficient (Wildman–Crippen LogP) is 1.21. The molecule has 2 saturated heterocycles. The minimum atomic E-state index is -0.407. The molecule has 1 aromatic carbocycles. The van der Waals surface area contributed by atoms with Crippen LogP contribution < -0.4 is 4.90 Å². The fraction of sp³-hybridized carbons (Fsp3) is 0.526. The van der Waals surface area contributed by atoms with Crippen molar-refractivity contribution in [3.63, 3.8) is 0 Å². The van der Waals surface area contributed by atoms with Crippen LogP contribution in [0.1, 0.15) is 16.8 Å². The Morgan fingerprint density at radius 1 is 1.19 bits per heavy atom. The lowest BCUT2D eigenvalue weighted by molar-refractivity contribution is -0.384. The molecule has 0 aliphatic carbocycles. The van der Waals surface area contributed by atoms with Gasteiger partial charge in [0.15, 0.2) is 0 Å². The van der Waals surface area contributed by atoms with Crippen LogP contribution in [-0.4, -0.2) is 79.7 Å². The molecule has 2 fully saturated rings. The number of nitro groups is 1. The van der Waals surface area contributed by atoms with Crippen LogP contribution in [0.15, 0.2) is 18.2 Å². The fourth-order valence-corrected chi connectivity index (χ4v) is 3.45. The Morgan fingerprint density at radius 2 is 1.89 bits per heavy atom. The van der Waals surface area contributed by atoms with Gasteiger partial charge in [-0.3, -0.25) is 19.8 Å². The van der Waals surface area contributed by atoms with Gasteiger partial charge in [-0.05, 0) is 12.1 Å². The molecule has 1 aromatic rings. The Bertz CT molecular complexity index is 732. The van der Waals surface area contributed by atoms with E-state index in [4.69, 9.17) is 11.2 Å². The predicted molar refractivity (Wildman–Crippen MR) is 102 cm³/mol. The molecule has 144 valence electrons. The molecule has 0 spiro atoms. The summed E-state index contributed by atoms with van der Waals surface area (Å²) in [5, 5.41) is 11.6. The molecule has 0 N–H and O–H groups in total. The van der Waals surface area contributed by atoms with Crippen LogP contribution in [0.2, 0.25) is 0 Å². The summed E-state index contributed by atoms with van der Waals surface area (Å²) in [7, 11) is 0. The third-order valence-electron chi connectivity index (χ3n) is 5.00. The summed E-state index contributed by atoms with van der Waals surface area (Å²) in [6.07, 6.45) is 6.02. The molecule has 0 aromatic heterocycles. The lowest BCUT2D eigenvalue weighted by Gasteiger charge is -2.35. The number of carbonyl (C=O) groups is 1. The van der Waals surface area contributed by atoms with Crippen molar-refractivity contribution in [3.05, 3.63) is 33.9 Å². The number of hydrogen-bond acceptors (Lipinski definition) is 6. The van der Waals surface area contributed by atoms with E-state index in [0.29, 0.717) is 57.1 Å². The van der Waals surface area contributed by atoms with Crippen molar-refractivity contribution >= 4 is 17.3 Å². The van der Waals surface area contributed by atoms with Gasteiger partial charge in [0.2, 0.25) is 0 Å². The number of morpholine rings is 1. The first-order chi connectivity index (χ1) is 13.1. The highest BCUT2D eigenvalue weighted by atomic mass is 16.6. The number of terminal acetylenes is 1. The zero-order chi connectivity index (χ0) is 19.2. The second kappa shape index (κ2) is 8.84. The van der Waals surface area contributed by atoms with Crippen LogP contribution in [0.3, 0.4) is 0 Å². The highest BCUT2D eigenvalue weighted by Crippen LogP contribution is 2.30. The van der Waals surface area contributed by atoms with Crippen molar-refractivity contribution in [2.24, 2.45) is 0 Å². The molecule has 0 atom stereocenters. The Morgan fingerprint density at radius 3 is 2.52 bits per heavy atom. The maximum atomic E-state index is 12.6. The molecular weight excluding hydrogens is 348 g/mol. The van der Waals surface area contributed by atoms with Crippen molar-refractivity contribution in [1.82, 2.24) is 9.80 Å². The molecule has 2 aliphatic rings. The van der Waals surface area contributed by atoms with Crippen molar-refractivity contribution in [3.8, 4) is 12.3 Å². The first kappa shape index (κ1) is 19.1. The Balaban J connectivity index is 1.74. The van der Waals surface area contributed by atoms with E-state index < -0.39 is 4.92 Å². The second-order valence-corrected chi connectivity index (χ2v) is 6.65. The van der Waals surface area contributed by atoms with Gasteiger partial charge >= 0.3 is 0 Å². The third kappa shape index (κ3) is 4.56. The van der Waals surface area contributed by atoms with Crippen LogP contribution in [-0.2, 0) is 4.74 Å². The van der Waals surface area contributed by atoms with Crippen molar-refractivity contribution in [2.75, 3.05) is 63.9 Å². The van der Waals surface area contributed by atoms with Crippen molar-refractivity contribution in [2.45, 2.75) is 6.42 Å². The average Bonchev–Trinajstić information content (AvgIpc) is 2.72. The smallest absolute Gasteiger partial charge is 0.293 e. The van der Waals surface area contributed by atoms with Gasteiger partial charge in [-0.1, -0.05) is 0 Å². The molecule has 0 unspecified atom stereocenters. The van der Waals surface area contributed by atoms with Crippen LogP contribution in [0, 0.1) is 22.5 Å². The summed E-state index contributed by atoms with van der Waals surface area (Å²) in [6.45, 7) is 5.87. The van der Waals surface area contributed by atoms with E-state index in [9.17, 15) is 14.9 Å². The summed E-state index contributed by atoms with van der Waals surface area (Å²) >= 11 is 0. The Hall–Kier alpha value is -2.63. The zero-order valence-electron chi connectivity index (χ0n) is 15.3. The van der Waals surface area contributed by atoms with Gasteiger partial charge in [0, 0.05) is 63.9 Å². The van der Waals surface area contributed by atoms with Gasteiger partial charge in [0.25, 0.3) is 11.6 Å². The topological polar surface area (TPSA) is 79.2 Å². The third-order valence-corrected chi connectivity index (χ3v) is 5.00. The van der Waals surface area contributed by atoms with Gasteiger partial charge < -0.3 is 14.5 Å². The van der Waals surface area contributed by atoms with E-state index in [-0.39, 0.29) is 11.6 Å². The highest BCUT2D eigenvalue weighted by Gasteiger charge is 2.26. The number of hydrogen-bond donors (Lipinski definition) is 0. The largest absolute Gasteiger partial charge is 0.378 e.